The fourth-order valence-corrected chi connectivity index (χ4v) is 1.87. The van der Waals surface area contributed by atoms with Crippen molar-refractivity contribution in [2.24, 2.45) is 0 Å². The van der Waals surface area contributed by atoms with Gasteiger partial charge in [-0.1, -0.05) is 18.2 Å². The number of phenols is 1. The minimum atomic E-state index is 0.414. The number of benzene rings is 1. The number of aromatic hydroxyl groups is 1. The lowest BCUT2D eigenvalue weighted by molar-refractivity contribution is -0.0979. The van der Waals surface area contributed by atoms with Crippen molar-refractivity contribution in [2.45, 2.75) is 52.7 Å². The minimum Gasteiger partial charge on any atom is -0.507 e. The van der Waals surface area contributed by atoms with E-state index >= 15 is 0 Å². The highest BCUT2D eigenvalue weighted by atomic mass is 16.5. The summed E-state index contributed by atoms with van der Waals surface area (Å²) >= 11 is 0. The average molecular weight is 223 g/mol. The van der Waals surface area contributed by atoms with Crippen LogP contribution in [0, 0.1) is 13.8 Å². The topological polar surface area (TPSA) is 33.0 Å². The van der Waals surface area contributed by atoms with Crippen molar-refractivity contribution < 1.29 is 9.84 Å². The van der Waals surface area contributed by atoms with Gasteiger partial charge in [-0.05, 0) is 25.0 Å². The molecule has 0 radical (unpaired) electrons. The van der Waals surface area contributed by atoms with Gasteiger partial charge in [0.15, 0.2) is 12.2 Å². The number of rotatable bonds is 0. The third kappa shape index (κ3) is 3.86. The van der Waals surface area contributed by atoms with E-state index in [0.29, 0.717) is 18.0 Å². The van der Waals surface area contributed by atoms with E-state index in [2.05, 4.69) is 18.6 Å². The molecule has 2 heteroatoms. The highest BCUT2D eigenvalue weighted by Crippen LogP contribution is 2.19. The molecule has 1 saturated heterocycles. The molecule has 1 aliphatic rings. The van der Waals surface area contributed by atoms with Gasteiger partial charge in [-0.15, -0.1) is 0 Å². The van der Waals surface area contributed by atoms with Crippen LogP contribution < -0.4 is 0 Å². The number of phenolic OH excluding ortho intramolecular Hbond substituents is 1. The van der Waals surface area contributed by atoms with Crippen LogP contribution in [-0.2, 0) is 0 Å². The van der Waals surface area contributed by atoms with Crippen LogP contribution in [0.4, 0.5) is 0 Å². The van der Waals surface area contributed by atoms with Crippen molar-refractivity contribution in [3.05, 3.63) is 29.3 Å². The molecule has 0 amide bonds. The van der Waals surface area contributed by atoms with Crippen LogP contribution in [0.2, 0.25) is 0 Å². The van der Waals surface area contributed by atoms with Gasteiger partial charge in [0.1, 0.15) is 5.75 Å². The van der Waals surface area contributed by atoms with E-state index in [1.54, 1.807) is 0 Å². The smallest absolute Gasteiger partial charge is 0.152 e. The van der Waals surface area contributed by atoms with Gasteiger partial charge < -0.3 is 9.84 Å². The Morgan fingerprint density at radius 3 is 1.75 bits per heavy atom. The standard InChI is InChI=1S/C8H10O.C6H12O/c1-6-4-3-5-7(2)8(6)9;1-5-3-4-6(2)7-5/h3-5,9H,1-2H3;5-6H,3-4H2,1-2H3/p+1. The second-order valence-corrected chi connectivity index (χ2v) is 4.66. The number of hydrogen-bond acceptors (Lipinski definition) is 1. The van der Waals surface area contributed by atoms with Crippen molar-refractivity contribution in [1.82, 2.24) is 0 Å². The Morgan fingerprint density at radius 2 is 1.50 bits per heavy atom. The molecule has 16 heavy (non-hydrogen) atoms. The molecule has 1 aliphatic heterocycles. The van der Waals surface area contributed by atoms with Crippen molar-refractivity contribution >= 4 is 0 Å². The molecule has 0 bridgehead atoms. The summed E-state index contributed by atoms with van der Waals surface area (Å²) in [4.78, 5) is 0. The second-order valence-electron chi connectivity index (χ2n) is 4.66. The number of hydrogen-bond donors (Lipinski definition) is 1. The first-order chi connectivity index (χ1) is 7.50. The predicted molar refractivity (Wildman–Crippen MR) is 68.0 cm³/mol. The van der Waals surface area contributed by atoms with Gasteiger partial charge in [-0.3, -0.25) is 0 Å². The molecule has 1 aromatic rings. The Labute approximate surface area is 98.3 Å². The van der Waals surface area contributed by atoms with Crippen LogP contribution in [0.15, 0.2) is 18.2 Å². The maximum atomic E-state index is 9.21. The monoisotopic (exact) mass is 223 g/mol. The third-order valence-electron chi connectivity index (χ3n) is 2.95. The highest BCUT2D eigenvalue weighted by molar-refractivity contribution is 5.37. The SMILES string of the molecule is CC1CCC(C)[OH+]1.Cc1cccc(C)c1O. The Morgan fingerprint density at radius 1 is 1.06 bits per heavy atom. The molecule has 2 rings (SSSR count). The normalized spacial score (nSPS) is 23.8. The second kappa shape index (κ2) is 5.90. The summed E-state index contributed by atoms with van der Waals surface area (Å²) < 4.78 is 4.39. The third-order valence-corrected chi connectivity index (χ3v) is 2.95. The molecule has 1 heterocycles. The minimum absolute atomic E-state index is 0.414. The molecule has 2 nitrogen and oxygen atoms in total. The van der Waals surface area contributed by atoms with Gasteiger partial charge in [0.2, 0.25) is 0 Å². The first-order valence-electron chi connectivity index (χ1n) is 5.96. The van der Waals surface area contributed by atoms with E-state index in [4.69, 9.17) is 0 Å². The summed E-state index contributed by atoms with van der Waals surface area (Å²) in [5.41, 5.74) is 1.88. The van der Waals surface area contributed by atoms with Crippen molar-refractivity contribution in [3.63, 3.8) is 0 Å². The number of para-hydroxylation sites is 1. The Hall–Kier alpha value is -1.02. The lowest BCUT2D eigenvalue weighted by atomic mass is 10.1. The van der Waals surface area contributed by atoms with Gasteiger partial charge >= 0.3 is 0 Å². The van der Waals surface area contributed by atoms with Crippen LogP contribution in [0.3, 0.4) is 0 Å². The Balaban J connectivity index is 0.000000165. The molecular weight excluding hydrogens is 200 g/mol. The van der Waals surface area contributed by atoms with E-state index in [-0.39, 0.29) is 0 Å². The van der Waals surface area contributed by atoms with Crippen molar-refractivity contribution in [2.75, 3.05) is 0 Å². The van der Waals surface area contributed by atoms with Crippen molar-refractivity contribution in [3.8, 4) is 5.75 Å². The predicted octanol–water partition coefficient (Wildman–Crippen LogP) is 3.09. The lowest BCUT2D eigenvalue weighted by Gasteiger charge is -1.99. The molecule has 1 aromatic carbocycles. The summed E-state index contributed by atoms with van der Waals surface area (Å²) in [6, 6.07) is 5.72. The van der Waals surface area contributed by atoms with E-state index in [1.165, 1.54) is 12.8 Å². The molecule has 2 atom stereocenters. The lowest BCUT2D eigenvalue weighted by Crippen LogP contribution is -2.08. The summed E-state index contributed by atoms with van der Waals surface area (Å²) in [6.45, 7) is 8.15. The first-order valence-corrected chi connectivity index (χ1v) is 5.96. The van der Waals surface area contributed by atoms with E-state index < -0.39 is 0 Å². The largest absolute Gasteiger partial charge is 0.507 e. The van der Waals surface area contributed by atoms with Gasteiger partial charge in [0, 0.05) is 26.7 Å². The molecular formula is C14H23O2+. The zero-order valence-electron chi connectivity index (χ0n) is 10.7. The summed E-state index contributed by atoms with van der Waals surface area (Å²) in [6.07, 6.45) is 3.91. The Bertz CT molecular complexity index is 305. The van der Waals surface area contributed by atoms with Crippen LogP contribution in [0.1, 0.15) is 37.8 Å². The van der Waals surface area contributed by atoms with Crippen LogP contribution in [0.5, 0.6) is 5.75 Å². The molecule has 90 valence electrons. The number of aliphatic hydroxyl groups is 2. The fraction of sp³-hybridized carbons (Fsp3) is 0.571. The van der Waals surface area contributed by atoms with Gasteiger partial charge in [-0.25, -0.2) is 0 Å². The van der Waals surface area contributed by atoms with E-state index in [1.807, 2.05) is 32.0 Å². The van der Waals surface area contributed by atoms with Crippen LogP contribution >= 0.6 is 0 Å². The highest BCUT2D eigenvalue weighted by Gasteiger charge is 2.21. The molecule has 0 aliphatic carbocycles. The summed E-state index contributed by atoms with van der Waals surface area (Å²) in [5.74, 6) is 0.414. The average Bonchev–Trinajstić information content (AvgIpc) is 2.60. The summed E-state index contributed by atoms with van der Waals surface area (Å²) in [5, 5.41) is 9.21. The van der Waals surface area contributed by atoms with Gasteiger partial charge in [-0.2, -0.15) is 0 Å². The molecule has 1 fully saturated rings. The summed E-state index contributed by atoms with van der Waals surface area (Å²) in [7, 11) is 0. The molecule has 0 spiro atoms. The number of aryl methyl sites for hydroxylation is 2. The Kier molecular flexibility index (Phi) is 4.81. The van der Waals surface area contributed by atoms with Gasteiger partial charge in [0.25, 0.3) is 0 Å². The molecule has 0 aromatic heterocycles. The fourth-order valence-electron chi connectivity index (χ4n) is 1.87. The molecule has 2 N–H and O–H groups in total. The zero-order valence-corrected chi connectivity index (χ0v) is 10.7. The maximum absolute atomic E-state index is 9.21. The quantitative estimate of drug-likeness (QED) is 0.674. The molecule has 2 unspecified atom stereocenters. The van der Waals surface area contributed by atoms with Crippen LogP contribution in [0.25, 0.3) is 0 Å². The maximum Gasteiger partial charge on any atom is 0.152 e. The van der Waals surface area contributed by atoms with Crippen LogP contribution in [-0.4, -0.2) is 22.1 Å². The number of ether oxygens (including phenoxy) is 1. The van der Waals surface area contributed by atoms with Gasteiger partial charge in [0.05, 0.1) is 0 Å². The molecule has 0 saturated carbocycles. The first kappa shape index (κ1) is 13.0. The zero-order chi connectivity index (χ0) is 12.1. The van der Waals surface area contributed by atoms with E-state index in [0.717, 1.165) is 11.1 Å². The van der Waals surface area contributed by atoms with Crippen molar-refractivity contribution in [1.29, 1.82) is 0 Å². The van der Waals surface area contributed by atoms with E-state index in [9.17, 15) is 5.11 Å².